The second-order valence-electron chi connectivity index (χ2n) is 7.02. The van der Waals surface area contributed by atoms with Gasteiger partial charge in [-0.3, -0.25) is 9.69 Å². The second-order valence-corrected chi connectivity index (χ2v) is 9.83. The Balaban J connectivity index is 1.62. The van der Waals surface area contributed by atoms with Crippen molar-refractivity contribution < 1.29 is 13.2 Å². The van der Waals surface area contributed by atoms with Crippen LogP contribution in [0.1, 0.15) is 12.5 Å². The summed E-state index contributed by atoms with van der Waals surface area (Å²) < 4.78 is 27.1. The number of halogens is 2. The Morgan fingerprint density at radius 1 is 1.03 bits per heavy atom. The Bertz CT molecular complexity index is 1010. The number of nitrogens with one attached hydrogen (secondary N) is 1. The molecule has 0 saturated carbocycles. The third-order valence-corrected chi connectivity index (χ3v) is 7.46. The van der Waals surface area contributed by atoms with E-state index in [1.807, 2.05) is 24.8 Å². The zero-order valence-electron chi connectivity index (χ0n) is 16.2. The van der Waals surface area contributed by atoms with Gasteiger partial charge >= 0.3 is 0 Å². The number of piperazine rings is 1. The number of rotatable bonds is 5. The highest BCUT2D eigenvalue weighted by Crippen LogP contribution is 2.23. The van der Waals surface area contributed by atoms with Crippen molar-refractivity contribution in [1.82, 2.24) is 9.21 Å². The van der Waals surface area contributed by atoms with Gasteiger partial charge < -0.3 is 5.32 Å². The minimum Gasteiger partial charge on any atom is -0.324 e. The van der Waals surface area contributed by atoms with Gasteiger partial charge in [-0.05, 0) is 49.7 Å². The number of sulfonamides is 1. The summed E-state index contributed by atoms with van der Waals surface area (Å²) in [6.07, 6.45) is 0. The molecule has 1 fully saturated rings. The Labute approximate surface area is 181 Å². The monoisotopic (exact) mass is 455 g/mol. The average molecular weight is 456 g/mol. The normalized spacial score (nSPS) is 17.1. The van der Waals surface area contributed by atoms with Crippen LogP contribution in [-0.2, 0) is 14.8 Å². The van der Waals surface area contributed by atoms with Crippen LogP contribution < -0.4 is 5.32 Å². The quantitative estimate of drug-likeness (QED) is 0.746. The maximum atomic E-state index is 12.8. The lowest BCUT2D eigenvalue weighted by Gasteiger charge is -2.36. The number of amides is 1. The van der Waals surface area contributed by atoms with Gasteiger partial charge in [0.2, 0.25) is 15.9 Å². The molecule has 9 heteroatoms. The SMILES string of the molecule is Cc1ccc(Cl)cc1NC(=O)C(C)N1CCN(S(=O)(=O)c2cccc(Cl)c2)CC1. The van der Waals surface area contributed by atoms with Gasteiger partial charge in [0, 0.05) is 41.9 Å². The van der Waals surface area contributed by atoms with Gasteiger partial charge in [-0.2, -0.15) is 4.31 Å². The summed E-state index contributed by atoms with van der Waals surface area (Å²) in [4.78, 5) is 14.8. The first-order valence-electron chi connectivity index (χ1n) is 9.25. The molecule has 0 aliphatic carbocycles. The molecule has 1 heterocycles. The van der Waals surface area contributed by atoms with Crippen molar-refractivity contribution in [3.63, 3.8) is 0 Å². The van der Waals surface area contributed by atoms with E-state index in [1.165, 1.54) is 16.4 Å². The highest BCUT2D eigenvalue weighted by atomic mass is 35.5. The maximum Gasteiger partial charge on any atom is 0.243 e. The fraction of sp³-hybridized carbons (Fsp3) is 0.350. The van der Waals surface area contributed by atoms with E-state index in [1.54, 1.807) is 24.3 Å². The summed E-state index contributed by atoms with van der Waals surface area (Å²) in [5.74, 6) is -0.151. The molecule has 0 spiro atoms. The second kappa shape index (κ2) is 9.02. The number of carbonyl (C=O) groups is 1. The van der Waals surface area contributed by atoms with Crippen LogP contribution >= 0.6 is 23.2 Å². The lowest BCUT2D eigenvalue weighted by Crippen LogP contribution is -2.53. The zero-order valence-corrected chi connectivity index (χ0v) is 18.6. The van der Waals surface area contributed by atoms with Crippen LogP contribution in [0.5, 0.6) is 0 Å². The summed E-state index contributed by atoms with van der Waals surface area (Å²) >= 11 is 11.9. The van der Waals surface area contributed by atoms with Crippen molar-refractivity contribution in [3.05, 3.63) is 58.1 Å². The molecule has 1 amide bonds. The smallest absolute Gasteiger partial charge is 0.243 e. The molecule has 3 rings (SSSR count). The maximum absolute atomic E-state index is 12.8. The molecule has 1 unspecified atom stereocenters. The van der Waals surface area contributed by atoms with Crippen LogP contribution in [-0.4, -0.2) is 55.8 Å². The first kappa shape index (κ1) is 22.1. The minimum absolute atomic E-state index is 0.151. The van der Waals surface area contributed by atoms with Crippen molar-refractivity contribution in [2.75, 3.05) is 31.5 Å². The molecule has 1 atom stereocenters. The van der Waals surface area contributed by atoms with Crippen LogP contribution in [0.25, 0.3) is 0 Å². The number of hydrogen-bond acceptors (Lipinski definition) is 4. The molecule has 6 nitrogen and oxygen atoms in total. The van der Waals surface area contributed by atoms with Gasteiger partial charge in [-0.15, -0.1) is 0 Å². The fourth-order valence-corrected chi connectivity index (χ4v) is 5.14. The van der Waals surface area contributed by atoms with E-state index in [4.69, 9.17) is 23.2 Å². The molecule has 29 heavy (non-hydrogen) atoms. The van der Waals surface area contributed by atoms with Gasteiger partial charge in [-0.1, -0.05) is 35.3 Å². The summed E-state index contributed by atoms with van der Waals surface area (Å²) in [5.41, 5.74) is 1.60. The predicted molar refractivity (Wildman–Crippen MR) is 116 cm³/mol. The third-order valence-electron chi connectivity index (χ3n) is 5.09. The van der Waals surface area contributed by atoms with E-state index in [-0.39, 0.29) is 10.8 Å². The standard InChI is InChI=1S/C20H23Cl2N3O3S/c1-14-6-7-17(22)13-19(14)23-20(26)15(2)24-8-10-25(11-9-24)29(27,28)18-5-3-4-16(21)12-18/h3-7,12-13,15H,8-11H2,1-2H3,(H,23,26). The van der Waals surface area contributed by atoms with Crippen LogP contribution in [0.2, 0.25) is 10.0 Å². The molecule has 2 aromatic rings. The zero-order chi connectivity index (χ0) is 21.2. The van der Waals surface area contributed by atoms with Gasteiger partial charge in [0.1, 0.15) is 0 Å². The van der Waals surface area contributed by atoms with E-state index >= 15 is 0 Å². The van der Waals surface area contributed by atoms with Crippen molar-refractivity contribution in [1.29, 1.82) is 0 Å². The average Bonchev–Trinajstić information content (AvgIpc) is 2.70. The number of hydrogen-bond donors (Lipinski definition) is 1. The molecule has 2 aromatic carbocycles. The highest BCUT2D eigenvalue weighted by molar-refractivity contribution is 7.89. The van der Waals surface area contributed by atoms with Crippen LogP contribution in [0.15, 0.2) is 47.4 Å². The number of anilines is 1. The molecular formula is C20H23Cl2N3O3S. The Hall–Kier alpha value is -1.64. The molecule has 1 saturated heterocycles. The van der Waals surface area contributed by atoms with E-state index in [2.05, 4.69) is 5.32 Å². The van der Waals surface area contributed by atoms with E-state index in [0.717, 1.165) is 5.56 Å². The van der Waals surface area contributed by atoms with Crippen molar-refractivity contribution in [2.24, 2.45) is 0 Å². The summed E-state index contributed by atoms with van der Waals surface area (Å²) in [5, 5.41) is 3.84. The summed E-state index contributed by atoms with van der Waals surface area (Å²) in [6, 6.07) is 11.2. The van der Waals surface area contributed by atoms with Crippen LogP contribution in [0.4, 0.5) is 5.69 Å². The molecule has 156 valence electrons. The lowest BCUT2D eigenvalue weighted by molar-refractivity contribution is -0.121. The van der Waals surface area contributed by atoms with Gasteiger partial charge in [0.15, 0.2) is 0 Å². The van der Waals surface area contributed by atoms with Gasteiger partial charge in [0.25, 0.3) is 0 Å². The Morgan fingerprint density at radius 2 is 1.69 bits per heavy atom. The van der Waals surface area contributed by atoms with Crippen LogP contribution in [0, 0.1) is 6.92 Å². The van der Waals surface area contributed by atoms with E-state index in [9.17, 15) is 13.2 Å². The molecule has 0 aromatic heterocycles. The lowest BCUT2D eigenvalue weighted by atomic mass is 10.1. The molecule has 0 radical (unpaired) electrons. The topological polar surface area (TPSA) is 69.7 Å². The van der Waals surface area contributed by atoms with Crippen molar-refractivity contribution in [3.8, 4) is 0 Å². The number of aryl methyl sites for hydroxylation is 1. The minimum atomic E-state index is -3.61. The largest absolute Gasteiger partial charge is 0.324 e. The van der Waals surface area contributed by atoms with Crippen LogP contribution in [0.3, 0.4) is 0 Å². The van der Waals surface area contributed by atoms with Crippen molar-refractivity contribution >= 4 is 44.8 Å². The summed E-state index contributed by atoms with van der Waals surface area (Å²) in [6.45, 7) is 5.25. The van der Waals surface area contributed by atoms with Gasteiger partial charge in [-0.25, -0.2) is 8.42 Å². The highest BCUT2D eigenvalue weighted by Gasteiger charge is 2.32. The first-order chi connectivity index (χ1) is 13.7. The number of nitrogens with zero attached hydrogens (tertiary/aromatic N) is 2. The Kier molecular flexibility index (Phi) is 6.86. The predicted octanol–water partition coefficient (Wildman–Crippen LogP) is 3.64. The fourth-order valence-electron chi connectivity index (χ4n) is 3.24. The van der Waals surface area contributed by atoms with E-state index < -0.39 is 16.1 Å². The molecule has 0 bridgehead atoms. The number of benzene rings is 2. The molecule has 1 aliphatic rings. The molecule has 1 N–H and O–H groups in total. The molecule has 1 aliphatic heterocycles. The first-order valence-corrected chi connectivity index (χ1v) is 11.4. The third kappa shape index (κ3) is 5.10. The van der Waals surface area contributed by atoms with E-state index in [0.29, 0.717) is 41.9 Å². The Morgan fingerprint density at radius 3 is 2.34 bits per heavy atom. The summed E-state index contributed by atoms with van der Waals surface area (Å²) in [7, 11) is -3.61. The van der Waals surface area contributed by atoms with Gasteiger partial charge in [0.05, 0.1) is 10.9 Å². The number of carbonyl (C=O) groups excluding carboxylic acids is 1. The van der Waals surface area contributed by atoms with Crippen molar-refractivity contribution in [2.45, 2.75) is 24.8 Å². The molecular weight excluding hydrogens is 433 g/mol.